The van der Waals surface area contributed by atoms with E-state index < -0.39 is 5.97 Å². The number of rotatable bonds is 2. The molecule has 0 saturated carbocycles. The number of aromatic nitrogens is 4. The van der Waals surface area contributed by atoms with Crippen LogP contribution in [0.5, 0.6) is 0 Å². The molecule has 0 bridgehead atoms. The van der Waals surface area contributed by atoms with Gasteiger partial charge in [-0.3, -0.25) is 0 Å². The molecule has 0 radical (unpaired) electrons. The van der Waals surface area contributed by atoms with Gasteiger partial charge in [-0.25, -0.2) is 9.48 Å². The molecule has 2 aromatic heterocycles. The van der Waals surface area contributed by atoms with Crippen LogP contribution in [0, 0.1) is 0 Å². The van der Waals surface area contributed by atoms with Gasteiger partial charge in [-0.05, 0) is 0 Å². The number of hydrogen-bond acceptors (Lipinski definition) is 6. The number of anilines is 1. The third-order valence-corrected chi connectivity index (χ3v) is 2.89. The minimum Gasteiger partial charge on any atom is -0.464 e. The fourth-order valence-electron chi connectivity index (χ4n) is 1.93. The standard InChI is InChI=1S/C13H11N5O2/c1-20-13(19)11-10(14)7-18(17-11)12-9-5-3-2-4-8(9)6-15-16-12/h2-7H,14H2,1H3. The van der Waals surface area contributed by atoms with E-state index in [1.165, 1.54) is 18.0 Å². The predicted molar refractivity (Wildman–Crippen MR) is 72.4 cm³/mol. The zero-order valence-electron chi connectivity index (χ0n) is 10.6. The molecule has 0 unspecified atom stereocenters. The van der Waals surface area contributed by atoms with Crippen LogP contribution in [0.25, 0.3) is 16.6 Å². The number of nitrogens with two attached hydrogens (primary N) is 1. The van der Waals surface area contributed by atoms with Crippen LogP contribution in [0.15, 0.2) is 36.7 Å². The summed E-state index contributed by atoms with van der Waals surface area (Å²) in [6, 6.07) is 7.61. The smallest absolute Gasteiger partial charge is 0.360 e. The van der Waals surface area contributed by atoms with Crippen LogP contribution in [-0.2, 0) is 4.74 Å². The lowest BCUT2D eigenvalue weighted by molar-refractivity contribution is 0.0594. The van der Waals surface area contributed by atoms with Gasteiger partial charge in [-0.1, -0.05) is 24.3 Å². The zero-order valence-corrected chi connectivity index (χ0v) is 10.6. The molecule has 7 nitrogen and oxygen atoms in total. The molecule has 0 amide bonds. The van der Waals surface area contributed by atoms with Crippen molar-refractivity contribution in [3.8, 4) is 5.82 Å². The molecule has 7 heteroatoms. The molecule has 20 heavy (non-hydrogen) atoms. The Labute approximate surface area is 114 Å². The van der Waals surface area contributed by atoms with Gasteiger partial charge < -0.3 is 10.5 Å². The first-order valence-corrected chi connectivity index (χ1v) is 5.85. The average Bonchev–Trinajstić information content (AvgIpc) is 2.87. The fourth-order valence-corrected chi connectivity index (χ4v) is 1.93. The number of benzene rings is 1. The van der Waals surface area contributed by atoms with Crippen LogP contribution in [0.1, 0.15) is 10.5 Å². The number of carbonyl (C=O) groups excluding carboxylic acids is 1. The van der Waals surface area contributed by atoms with Crippen molar-refractivity contribution in [1.82, 2.24) is 20.0 Å². The van der Waals surface area contributed by atoms with E-state index in [2.05, 4.69) is 20.0 Å². The van der Waals surface area contributed by atoms with Crippen molar-refractivity contribution in [1.29, 1.82) is 0 Å². The third-order valence-electron chi connectivity index (χ3n) is 2.89. The molecule has 0 aliphatic rings. The van der Waals surface area contributed by atoms with Crippen LogP contribution in [0.4, 0.5) is 5.69 Å². The van der Waals surface area contributed by atoms with E-state index in [1.54, 1.807) is 6.20 Å². The highest BCUT2D eigenvalue weighted by Crippen LogP contribution is 2.20. The van der Waals surface area contributed by atoms with Crippen LogP contribution in [0.3, 0.4) is 0 Å². The number of hydrogen-bond donors (Lipinski definition) is 1. The second-order valence-electron chi connectivity index (χ2n) is 4.12. The summed E-state index contributed by atoms with van der Waals surface area (Å²) in [7, 11) is 1.28. The van der Waals surface area contributed by atoms with E-state index in [0.29, 0.717) is 5.82 Å². The Morgan fingerprint density at radius 2 is 2.15 bits per heavy atom. The van der Waals surface area contributed by atoms with E-state index in [1.807, 2.05) is 24.3 Å². The monoisotopic (exact) mass is 269 g/mol. The summed E-state index contributed by atoms with van der Waals surface area (Å²) in [4.78, 5) is 11.5. The molecule has 0 spiro atoms. The Morgan fingerprint density at radius 3 is 2.95 bits per heavy atom. The Morgan fingerprint density at radius 1 is 1.35 bits per heavy atom. The molecule has 3 aromatic rings. The van der Waals surface area contributed by atoms with E-state index >= 15 is 0 Å². The molecular weight excluding hydrogens is 258 g/mol. The summed E-state index contributed by atoms with van der Waals surface area (Å²) in [5, 5.41) is 13.9. The summed E-state index contributed by atoms with van der Waals surface area (Å²) in [5.74, 6) is -0.0839. The van der Waals surface area contributed by atoms with Crippen molar-refractivity contribution < 1.29 is 9.53 Å². The number of nitrogen functional groups attached to an aromatic ring is 1. The predicted octanol–water partition coefficient (Wildman–Crippen LogP) is 1.18. The Kier molecular flexibility index (Phi) is 2.79. The van der Waals surface area contributed by atoms with E-state index in [4.69, 9.17) is 5.73 Å². The second kappa shape index (κ2) is 4.61. The van der Waals surface area contributed by atoms with Gasteiger partial charge in [0.25, 0.3) is 0 Å². The van der Waals surface area contributed by atoms with Crippen LogP contribution in [-0.4, -0.2) is 33.1 Å². The summed E-state index contributed by atoms with van der Waals surface area (Å²) < 4.78 is 6.05. The Hall–Kier alpha value is -2.96. The normalized spacial score (nSPS) is 10.7. The Balaban J connectivity index is 2.19. The highest BCUT2D eigenvalue weighted by Gasteiger charge is 2.17. The molecule has 3 rings (SSSR count). The van der Waals surface area contributed by atoms with Gasteiger partial charge in [0.15, 0.2) is 11.5 Å². The average molecular weight is 269 g/mol. The van der Waals surface area contributed by atoms with Crippen molar-refractivity contribution in [3.63, 3.8) is 0 Å². The van der Waals surface area contributed by atoms with Crippen molar-refractivity contribution in [2.75, 3.05) is 12.8 Å². The van der Waals surface area contributed by atoms with Crippen LogP contribution < -0.4 is 5.73 Å². The molecule has 0 atom stereocenters. The second-order valence-corrected chi connectivity index (χ2v) is 4.12. The van der Waals surface area contributed by atoms with E-state index in [-0.39, 0.29) is 11.4 Å². The minimum atomic E-state index is -0.588. The fraction of sp³-hybridized carbons (Fsp3) is 0.0769. The maximum atomic E-state index is 11.5. The summed E-state index contributed by atoms with van der Waals surface area (Å²) in [6.07, 6.45) is 3.18. The van der Waals surface area contributed by atoms with Crippen molar-refractivity contribution in [2.45, 2.75) is 0 Å². The number of ether oxygens (including phenoxy) is 1. The number of fused-ring (bicyclic) bond motifs is 1. The van der Waals surface area contributed by atoms with Gasteiger partial charge in [0, 0.05) is 10.8 Å². The van der Waals surface area contributed by atoms with Gasteiger partial charge in [0.1, 0.15) is 0 Å². The summed E-state index contributed by atoms with van der Waals surface area (Å²) in [6.45, 7) is 0. The van der Waals surface area contributed by atoms with Gasteiger partial charge >= 0.3 is 5.97 Å². The molecule has 2 N–H and O–H groups in total. The van der Waals surface area contributed by atoms with Crippen LogP contribution in [0.2, 0.25) is 0 Å². The SMILES string of the molecule is COC(=O)c1nn(-c2nncc3ccccc23)cc1N. The highest BCUT2D eigenvalue weighted by molar-refractivity contribution is 5.93. The zero-order chi connectivity index (χ0) is 14.1. The third kappa shape index (κ3) is 1.85. The van der Waals surface area contributed by atoms with Gasteiger partial charge in [0.05, 0.1) is 25.2 Å². The van der Waals surface area contributed by atoms with Crippen molar-refractivity contribution >= 4 is 22.4 Å². The Bertz CT molecular complexity index is 791. The molecule has 0 fully saturated rings. The van der Waals surface area contributed by atoms with Crippen molar-refractivity contribution in [2.24, 2.45) is 0 Å². The van der Waals surface area contributed by atoms with Gasteiger partial charge in [0.2, 0.25) is 0 Å². The first-order valence-electron chi connectivity index (χ1n) is 5.85. The first-order chi connectivity index (χ1) is 9.70. The quantitative estimate of drug-likeness (QED) is 0.702. The molecule has 0 saturated heterocycles. The first kappa shape index (κ1) is 12.1. The molecule has 100 valence electrons. The van der Waals surface area contributed by atoms with Gasteiger partial charge in [-0.2, -0.15) is 10.2 Å². The highest BCUT2D eigenvalue weighted by atomic mass is 16.5. The van der Waals surface area contributed by atoms with E-state index in [9.17, 15) is 4.79 Å². The molecule has 2 heterocycles. The molecular formula is C13H11N5O2. The summed E-state index contributed by atoms with van der Waals surface area (Å²) >= 11 is 0. The maximum absolute atomic E-state index is 11.5. The number of nitrogens with zero attached hydrogens (tertiary/aromatic N) is 4. The lowest BCUT2D eigenvalue weighted by Gasteiger charge is -2.03. The summed E-state index contributed by atoms with van der Waals surface area (Å²) in [5.41, 5.74) is 6.05. The lowest BCUT2D eigenvalue weighted by atomic mass is 10.2. The molecule has 1 aromatic carbocycles. The number of methoxy groups -OCH3 is 1. The van der Waals surface area contributed by atoms with Crippen LogP contribution >= 0.6 is 0 Å². The lowest BCUT2D eigenvalue weighted by Crippen LogP contribution is -2.07. The molecule has 0 aliphatic carbocycles. The largest absolute Gasteiger partial charge is 0.464 e. The topological polar surface area (TPSA) is 95.9 Å². The maximum Gasteiger partial charge on any atom is 0.360 e. The van der Waals surface area contributed by atoms with Crippen molar-refractivity contribution in [3.05, 3.63) is 42.4 Å². The number of carbonyl (C=O) groups is 1. The number of esters is 1. The molecule has 0 aliphatic heterocycles. The van der Waals surface area contributed by atoms with Gasteiger partial charge in [-0.15, -0.1) is 5.10 Å². The minimum absolute atomic E-state index is 0.0576. The van der Waals surface area contributed by atoms with E-state index in [0.717, 1.165) is 10.8 Å².